The highest BCUT2D eigenvalue weighted by atomic mass is 32.2. The first-order chi connectivity index (χ1) is 13.4. The van der Waals surface area contributed by atoms with Crippen LogP contribution in [-0.4, -0.2) is 25.5 Å². The zero-order valence-corrected chi connectivity index (χ0v) is 16.0. The van der Waals surface area contributed by atoms with Gasteiger partial charge in [0, 0.05) is 11.8 Å². The summed E-state index contributed by atoms with van der Waals surface area (Å²) >= 11 is 0. The minimum atomic E-state index is -4.26. The highest BCUT2D eigenvalue weighted by molar-refractivity contribution is 7.90. The Balaban J connectivity index is 2.07. The molecule has 0 radical (unpaired) electrons. The maximum atomic E-state index is 14.3. The number of methoxy groups -OCH3 is 1. The molecule has 0 bridgehead atoms. The fourth-order valence-corrected chi connectivity index (χ4v) is 5.18. The van der Waals surface area contributed by atoms with Gasteiger partial charge in [-0.3, -0.25) is 0 Å². The number of ether oxygens (including phenoxy) is 1. The lowest BCUT2D eigenvalue weighted by Gasteiger charge is -2.13. The molecule has 7 heteroatoms. The van der Waals surface area contributed by atoms with Crippen LogP contribution in [-0.2, 0) is 27.6 Å². The van der Waals surface area contributed by atoms with Crippen molar-refractivity contribution >= 4 is 16.0 Å². The van der Waals surface area contributed by atoms with Gasteiger partial charge in [-0.25, -0.2) is 21.6 Å². The minimum Gasteiger partial charge on any atom is -0.465 e. The van der Waals surface area contributed by atoms with Crippen molar-refractivity contribution in [1.29, 1.82) is 0 Å². The van der Waals surface area contributed by atoms with Gasteiger partial charge in [0.25, 0.3) is 10.0 Å². The first-order valence-corrected chi connectivity index (χ1v) is 10.3. The molecule has 2 aromatic carbocycles. The van der Waals surface area contributed by atoms with Gasteiger partial charge in [-0.1, -0.05) is 36.4 Å². The van der Waals surface area contributed by atoms with Crippen LogP contribution in [0.2, 0.25) is 0 Å². The molecule has 0 saturated carbocycles. The third-order valence-corrected chi connectivity index (χ3v) is 6.69. The van der Waals surface area contributed by atoms with E-state index >= 15 is 0 Å². The van der Waals surface area contributed by atoms with Gasteiger partial charge < -0.3 is 4.74 Å². The molecular weight excluding hydrogens is 381 g/mol. The molecule has 0 saturated heterocycles. The molecule has 5 nitrogen and oxygen atoms in total. The molecule has 1 aromatic heterocycles. The molecule has 144 valence electrons. The van der Waals surface area contributed by atoms with Crippen LogP contribution >= 0.6 is 0 Å². The number of hydrogen-bond acceptors (Lipinski definition) is 4. The lowest BCUT2D eigenvalue weighted by Crippen LogP contribution is -2.15. The smallest absolute Gasteiger partial charge is 0.339 e. The molecule has 1 heterocycles. The number of aromatic nitrogens is 1. The van der Waals surface area contributed by atoms with Gasteiger partial charge in [0.15, 0.2) is 0 Å². The number of hydrogen-bond donors (Lipinski definition) is 0. The van der Waals surface area contributed by atoms with Crippen molar-refractivity contribution in [2.75, 3.05) is 7.11 Å². The van der Waals surface area contributed by atoms with E-state index in [4.69, 9.17) is 4.74 Å². The number of aryl methyl sites for hydroxylation is 1. The normalized spacial score (nSPS) is 13.4. The quantitative estimate of drug-likeness (QED) is 0.629. The summed E-state index contributed by atoms with van der Waals surface area (Å²) in [5, 5.41) is 0. The fourth-order valence-electron chi connectivity index (χ4n) is 3.71. The molecule has 0 amide bonds. The monoisotopic (exact) mass is 399 g/mol. The van der Waals surface area contributed by atoms with Crippen molar-refractivity contribution in [3.05, 3.63) is 77.2 Å². The zero-order chi connectivity index (χ0) is 19.9. The zero-order valence-electron chi connectivity index (χ0n) is 15.2. The second-order valence-corrected chi connectivity index (χ2v) is 8.39. The molecule has 0 fully saturated rings. The molecule has 0 N–H and O–H groups in total. The second-order valence-electron chi connectivity index (χ2n) is 6.60. The molecule has 0 aliphatic heterocycles. The third kappa shape index (κ3) is 2.82. The third-order valence-electron chi connectivity index (χ3n) is 5.00. The van der Waals surface area contributed by atoms with Gasteiger partial charge in [-0.2, -0.15) is 0 Å². The van der Waals surface area contributed by atoms with Gasteiger partial charge in [0.2, 0.25) is 0 Å². The average Bonchev–Trinajstić information content (AvgIpc) is 2.98. The highest BCUT2D eigenvalue weighted by Gasteiger charge is 2.32. The van der Waals surface area contributed by atoms with Crippen molar-refractivity contribution in [2.24, 2.45) is 0 Å². The maximum absolute atomic E-state index is 14.3. The molecule has 4 rings (SSSR count). The summed E-state index contributed by atoms with van der Waals surface area (Å²) in [6, 6.07) is 12.7. The molecule has 28 heavy (non-hydrogen) atoms. The van der Waals surface area contributed by atoms with Gasteiger partial charge in [-0.05, 0) is 42.5 Å². The van der Waals surface area contributed by atoms with Crippen LogP contribution in [0.1, 0.15) is 27.9 Å². The van der Waals surface area contributed by atoms with E-state index in [0.29, 0.717) is 17.7 Å². The number of halogens is 1. The van der Waals surface area contributed by atoms with E-state index in [9.17, 15) is 17.6 Å². The van der Waals surface area contributed by atoms with E-state index in [2.05, 4.69) is 0 Å². The second kappa shape index (κ2) is 6.91. The Morgan fingerprint density at radius 1 is 1.07 bits per heavy atom. The number of nitrogens with zero attached hydrogens (tertiary/aromatic N) is 1. The number of rotatable bonds is 3. The summed E-state index contributed by atoms with van der Waals surface area (Å²) < 4.78 is 46.9. The van der Waals surface area contributed by atoms with E-state index < -0.39 is 26.7 Å². The summed E-state index contributed by atoms with van der Waals surface area (Å²) in [6.45, 7) is 0. The van der Waals surface area contributed by atoms with Crippen molar-refractivity contribution in [3.63, 3.8) is 0 Å². The van der Waals surface area contributed by atoms with Crippen molar-refractivity contribution in [2.45, 2.75) is 24.2 Å². The average molecular weight is 399 g/mol. The van der Waals surface area contributed by atoms with Crippen LogP contribution < -0.4 is 0 Å². The van der Waals surface area contributed by atoms with E-state index in [1.165, 1.54) is 31.5 Å². The van der Waals surface area contributed by atoms with Crippen LogP contribution in [0, 0.1) is 5.82 Å². The van der Waals surface area contributed by atoms with E-state index in [0.717, 1.165) is 34.0 Å². The fraction of sp³-hybridized carbons (Fsp3) is 0.190. The number of carbonyl (C=O) groups excluding carboxylic acids is 1. The number of benzene rings is 2. The summed E-state index contributed by atoms with van der Waals surface area (Å²) in [7, 11) is -3.00. The van der Waals surface area contributed by atoms with E-state index in [1.807, 2.05) is 24.3 Å². The Bertz CT molecular complexity index is 1180. The van der Waals surface area contributed by atoms with Crippen LogP contribution in [0.25, 0.3) is 11.3 Å². The standard InChI is InChI=1S/C21H18FNO4S/c1-27-21(24)17-13-23(28(25,26)19-12-5-4-11-18(19)22)20-15-9-3-2-7-14(15)8-6-10-16(17)20/h2-5,7,9,11-13H,6,8,10H2,1H3. The lowest BCUT2D eigenvalue weighted by atomic mass is 10.0. The topological polar surface area (TPSA) is 65.4 Å². The minimum absolute atomic E-state index is 0.189. The van der Waals surface area contributed by atoms with Crippen molar-refractivity contribution < 1.29 is 22.3 Å². The maximum Gasteiger partial charge on any atom is 0.339 e. The molecule has 0 atom stereocenters. The molecule has 0 spiro atoms. The van der Waals surface area contributed by atoms with Crippen LogP contribution in [0.15, 0.2) is 59.6 Å². The molecule has 0 unspecified atom stereocenters. The van der Waals surface area contributed by atoms with Gasteiger partial charge in [0.05, 0.1) is 18.4 Å². The Kier molecular flexibility index (Phi) is 4.55. The van der Waals surface area contributed by atoms with Crippen LogP contribution in [0.4, 0.5) is 4.39 Å². The SMILES string of the molecule is COC(=O)c1cn(S(=O)(=O)c2ccccc2F)c2c1CCCc1ccccc1-2. The van der Waals surface area contributed by atoms with Crippen molar-refractivity contribution in [1.82, 2.24) is 3.97 Å². The summed E-state index contributed by atoms with van der Waals surface area (Å²) in [5.41, 5.74) is 2.91. The predicted molar refractivity (Wildman–Crippen MR) is 102 cm³/mol. The Labute approximate surface area is 162 Å². The summed E-state index contributed by atoms with van der Waals surface area (Å²) in [6.07, 6.45) is 3.29. The van der Waals surface area contributed by atoms with Crippen LogP contribution in [0.5, 0.6) is 0 Å². The predicted octanol–water partition coefficient (Wildman–Crippen LogP) is 3.81. The van der Waals surface area contributed by atoms with Gasteiger partial charge in [-0.15, -0.1) is 0 Å². The van der Waals surface area contributed by atoms with Gasteiger partial charge in [0.1, 0.15) is 10.7 Å². The van der Waals surface area contributed by atoms with Crippen molar-refractivity contribution in [3.8, 4) is 11.3 Å². The first kappa shape index (κ1) is 18.4. The number of fused-ring (bicyclic) bond motifs is 3. The van der Waals surface area contributed by atoms with E-state index in [-0.39, 0.29) is 5.56 Å². The Morgan fingerprint density at radius 3 is 2.54 bits per heavy atom. The molecular formula is C21H18FNO4S. The lowest BCUT2D eigenvalue weighted by molar-refractivity contribution is 0.0599. The highest BCUT2D eigenvalue weighted by Crippen LogP contribution is 2.38. The molecule has 3 aromatic rings. The largest absolute Gasteiger partial charge is 0.465 e. The molecule has 1 aliphatic carbocycles. The first-order valence-electron chi connectivity index (χ1n) is 8.86. The van der Waals surface area contributed by atoms with E-state index in [1.54, 1.807) is 0 Å². The molecule has 1 aliphatic rings. The Morgan fingerprint density at radius 2 is 1.79 bits per heavy atom. The summed E-state index contributed by atoms with van der Waals surface area (Å²) in [4.78, 5) is 11.9. The number of esters is 1. The Hall–Kier alpha value is -2.93. The van der Waals surface area contributed by atoms with Crippen LogP contribution in [0.3, 0.4) is 0 Å². The number of carbonyl (C=O) groups is 1. The van der Waals surface area contributed by atoms with Gasteiger partial charge >= 0.3 is 5.97 Å². The summed E-state index contributed by atoms with van der Waals surface area (Å²) in [5.74, 6) is -1.45.